The zero-order chi connectivity index (χ0) is 14.4. The molecule has 0 bridgehead atoms. The molecule has 1 amide bonds. The van der Waals surface area contributed by atoms with Crippen LogP contribution < -0.4 is 11.1 Å². The van der Waals surface area contributed by atoms with E-state index in [9.17, 15) is 4.79 Å². The molecular weight excluding hydrogens is 278 g/mol. The van der Waals surface area contributed by atoms with Gasteiger partial charge in [0.05, 0.1) is 16.4 Å². The highest BCUT2D eigenvalue weighted by Crippen LogP contribution is 2.20. The monoisotopic (exact) mass is 293 g/mol. The van der Waals surface area contributed by atoms with Crippen LogP contribution in [0, 0.1) is 0 Å². The molecule has 0 atom stereocenters. The molecule has 1 aromatic carbocycles. The Morgan fingerprint density at radius 2 is 2.20 bits per heavy atom. The SMILES string of the molecule is NCCCc1cn(CC(=O)Nc2ccccc2Cl)nn1. The summed E-state index contributed by atoms with van der Waals surface area (Å²) in [7, 11) is 0. The van der Waals surface area contributed by atoms with Crippen LogP contribution in [-0.2, 0) is 17.8 Å². The van der Waals surface area contributed by atoms with E-state index in [0.717, 1.165) is 18.5 Å². The third-order valence-electron chi connectivity index (χ3n) is 2.68. The molecule has 106 valence electrons. The Bertz CT molecular complexity index is 584. The van der Waals surface area contributed by atoms with Gasteiger partial charge in [-0.3, -0.25) is 4.79 Å². The summed E-state index contributed by atoms with van der Waals surface area (Å²) in [4.78, 5) is 11.9. The predicted molar refractivity (Wildman–Crippen MR) is 77.5 cm³/mol. The number of rotatable bonds is 6. The first-order valence-corrected chi connectivity index (χ1v) is 6.70. The standard InChI is InChI=1S/C13H16ClN5O/c14-11-5-1-2-6-12(11)16-13(20)9-19-8-10(17-18-19)4-3-7-15/h1-2,5-6,8H,3-4,7,9,15H2,(H,16,20). The molecule has 3 N–H and O–H groups in total. The first-order valence-electron chi connectivity index (χ1n) is 6.32. The molecule has 0 fully saturated rings. The Balaban J connectivity index is 1.91. The van der Waals surface area contributed by atoms with E-state index in [1.165, 1.54) is 4.68 Å². The smallest absolute Gasteiger partial charge is 0.246 e. The van der Waals surface area contributed by atoms with Crippen LogP contribution in [0.1, 0.15) is 12.1 Å². The molecule has 0 aliphatic carbocycles. The maximum Gasteiger partial charge on any atom is 0.246 e. The highest BCUT2D eigenvalue weighted by molar-refractivity contribution is 6.33. The number of benzene rings is 1. The zero-order valence-corrected chi connectivity index (χ0v) is 11.7. The molecule has 0 saturated carbocycles. The molecule has 1 aromatic heterocycles. The van der Waals surface area contributed by atoms with Gasteiger partial charge in [-0.05, 0) is 31.5 Å². The van der Waals surface area contributed by atoms with E-state index in [1.54, 1.807) is 24.4 Å². The van der Waals surface area contributed by atoms with Gasteiger partial charge in [0.15, 0.2) is 0 Å². The van der Waals surface area contributed by atoms with Gasteiger partial charge >= 0.3 is 0 Å². The molecule has 6 nitrogen and oxygen atoms in total. The fourth-order valence-electron chi connectivity index (χ4n) is 1.71. The van der Waals surface area contributed by atoms with Crippen molar-refractivity contribution in [3.63, 3.8) is 0 Å². The van der Waals surface area contributed by atoms with Gasteiger partial charge in [-0.15, -0.1) is 5.10 Å². The van der Waals surface area contributed by atoms with Gasteiger partial charge in [0.2, 0.25) is 5.91 Å². The Labute approximate surface area is 121 Å². The van der Waals surface area contributed by atoms with Gasteiger partial charge in [0, 0.05) is 6.20 Å². The zero-order valence-electron chi connectivity index (χ0n) is 10.9. The normalized spacial score (nSPS) is 10.5. The number of hydrogen-bond donors (Lipinski definition) is 2. The number of aromatic nitrogens is 3. The van der Waals surface area contributed by atoms with Crippen LogP contribution in [-0.4, -0.2) is 27.4 Å². The maximum atomic E-state index is 11.9. The third-order valence-corrected chi connectivity index (χ3v) is 3.01. The molecule has 0 unspecified atom stereocenters. The molecule has 20 heavy (non-hydrogen) atoms. The number of nitrogens with two attached hydrogens (primary N) is 1. The lowest BCUT2D eigenvalue weighted by molar-refractivity contribution is -0.116. The van der Waals surface area contributed by atoms with Crippen LogP contribution >= 0.6 is 11.6 Å². The molecular formula is C13H16ClN5O. The minimum absolute atomic E-state index is 0.0981. The summed E-state index contributed by atoms with van der Waals surface area (Å²) in [6, 6.07) is 7.08. The Morgan fingerprint density at radius 1 is 1.40 bits per heavy atom. The maximum absolute atomic E-state index is 11.9. The molecule has 0 aliphatic heterocycles. The number of nitrogens with one attached hydrogen (secondary N) is 1. The van der Waals surface area contributed by atoms with Gasteiger partial charge in [0.25, 0.3) is 0 Å². The van der Waals surface area contributed by atoms with Crippen LogP contribution in [0.5, 0.6) is 0 Å². The van der Waals surface area contributed by atoms with Gasteiger partial charge in [-0.2, -0.15) is 0 Å². The molecule has 2 rings (SSSR count). The van der Waals surface area contributed by atoms with Crippen molar-refractivity contribution in [2.75, 3.05) is 11.9 Å². The number of nitrogens with zero attached hydrogens (tertiary/aromatic N) is 3. The van der Waals surface area contributed by atoms with E-state index in [1.807, 2.05) is 6.07 Å². The number of para-hydroxylation sites is 1. The van der Waals surface area contributed by atoms with Crippen LogP contribution in [0.15, 0.2) is 30.5 Å². The predicted octanol–water partition coefficient (Wildman–Crippen LogP) is 1.46. The Kier molecular flexibility index (Phi) is 5.09. The number of aryl methyl sites for hydroxylation is 1. The van der Waals surface area contributed by atoms with Crippen molar-refractivity contribution in [3.05, 3.63) is 41.2 Å². The van der Waals surface area contributed by atoms with E-state index in [4.69, 9.17) is 17.3 Å². The lowest BCUT2D eigenvalue weighted by Gasteiger charge is -2.06. The molecule has 0 radical (unpaired) electrons. The first-order chi connectivity index (χ1) is 9.69. The number of hydrogen-bond acceptors (Lipinski definition) is 4. The number of carbonyl (C=O) groups excluding carboxylic acids is 1. The molecule has 1 heterocycles. The van der Waals surface area contributed by atoms with Crippen LogP contribution in [0.4, 0.5) is 5.69 Å². The molecule has 0 saturated heterocycles. The van der Waals surface area contributed by atoms with Crippen molar-refractivity contribution >= 4 is 23.2 Å². The second-order valence-electron chi connectivity index (χ2n) is 4.33. The summed E-state index contributed by atoms with van der Waals surface area (Å²) in [6.45, 7) is 0.709. The number of carbonyl (C=O) groups is 1. The van der Waals surface area contributed by atoms with Crippen molar-refractivity contribution in [2.45, 2.75) is 19.4 Å². The van der Waals surface area contributed by atoms with E-state index in [2.05, 4.69) is 15.6 Å². The summed E-state index contributed by atoms with van der Waals surface area (Å²) in [6.07, 6.45) is 3.37. The van der Waals surface area contributed by atoms with Crippen molar-refractivity contribution < 1.29 is 4.79 Å². The quantitative estimate of drug-likeness (QED) is 0.844. The van der Waals surface area contributed by atoms with Crippen molar-refractivity contribution in [2.24, 2.45) is 5.73 Å². The lowest BCUT2D eigenvalue weighted by atomic mass is 10.2. The average Bonchev–Trinajstić information content (AvgIpc) is 2.86. The molecule has 0 aliphatic rings. The van der Waals surface area contributed by atoms with E-state index in [0.29, 0.717) is 17.3 Å². The van der Waals surface area contributed by atoms with Crippen LogP contribution in [0.25, 0.3) is 0 Å². The summed E-state index contributed by atoms with van der Waals surface area (Å²) < 4.78 is 1.50. The Morgan fingerprint density at radius 3 is 2.95 bits per heavy atom. The van der Waals surface area contributed by atoms with Crippen molar-refractivity contribution in [3.8, 4) is 0 Å². The summed E-state index contributed by atoms with van der Waals surface area (Å²) in [5.74, 6) is -0.201. The fraction of sp³-hybridized carbons (Fsp3) is 0.308. The number of anilines is 1. The molecule has 7 heteroatoms. The third kappa shape index (κ3) is 4.04. The highest BCUT2D eigenvalue weighted by atomic mass is 35.5. The molecule has 2 aromatic rings. The first kappa shape index (κ1) is 14.5. The van der Waals surface area contributed by atoms with E-state index < -0.39 is 0 Å². The number of amides is 1. The van der Waals surface area contributed by atoms with Gasteiger partial charge in [-0.25, -0.2) is 4.68 Å². The summed E-state index contributed by atoms with van der Waals surface area (Å²) in [5.41, 5.74) is 6.85. The average molecular weight is 294 g/mol. The van der Waals surface area contributed by atoms with Gasteiger partial charge in [-0.1, -0.05) is 28.9 Å². The highest BCUT2D eigenvalue weighted by Gasteiger charge is 2.08. The number of halogens is 1. The Hall–Kier alpha value is -1.92. The minimum Gasteiger partial charge on any atom is -0.330 e. The second kappa shape index (κ2) is 7.02. The second-order valence-corrected chi connectivity index (χ2v) is 4.73. The van der Waals surface area contributed by atoms with Crippen LogP contribution in [0.2, 0.25) is 5.02 Å². The van der Waals surface area contributed by atoms with E-state index in [-0.39, 0.29) is 12.5 Å². The largest absolute Gasteiger partial charge is 0.330 e. The topological polar surface area (TPSA) is 85.8 Å². The van der Waals surface area contributed by atoms with E-state index >= 15 is 0 Å². The van der Waals surface area contributed by atoms with Gasteiger partial charge < -0.3 is 11.1 Å². The summed E-state index contributed by atoms with van der Waals surface area (Å²) in [5, 5.41) is 11.1. The van der Waals surface area contributed by atoms with Gasteiger partial charge in [0.1, 0.15) is 6.54 Å². The van der Waals surface area contributed by atoms with Crippen molar-refractivity contribution in [1.82, 2.24) is 15.0 Å². The minimum atomic E-state index is -0.201. The van der Waals surface area contributed by atoms with Crippen molar-refractivity contribution in [1.29, 1.82) is 0 Å². The van der Waals surface area contributed by atoms with Crippen LogP contribution in [0.3, 0.4) is 0 Å². The summed E-state index contributed by atoms with van der Waals surface area (Å²) >= 11 is 5.97. The lowest BCUT2D eigenvalue weighted by Crippen LogP contribution is -2.19. The molecule has 0 spiro atoms. The fourth-order valence-corrected chi connectivity index (χ4v) is 1.90.